The molecule has 2 aromatic carbocycles. The van der Waals surface area contributed by atoms with Gasteiger partial charge in [-0.15, -0.1) is 23.2 Å². The van der Waals surface area contributed by atoms with Gasteiger partial charge in [0.05, 0.1) is 5.38 Å². The van der Waals surface area contributed by atoms with Gasteiger partial charge in [-0.1, -0.05) is 55.5 Å². The van der Waals surface area contributed by atoms with Crippen molar-refractivity contribution in [3.05, 3.63) is 70.8 Å². The van der Waals surface area contributed by atoms with Gasteiger partial charge >= 0.3 is 0 Å². The third-order valence-electron chi connectivity index (χ3n) is 3.61. The lowest BCUT2D eigenvalue weighted by molar-refractivity contribution is 0.793. The Balaban J connectivity index is 1.91. The van der Waals surface area contributed by atoms with Crippen LogP contribution in [0.15, 0.2) is 48.5 Å². The lowest BCUT2D eigenvalue weighted by Gasteiger charge is -2.10. The number of hydrogen-bond donors (Lipinski definition) is 0. The topological polar surface area (TPSA) is 0 Å². The second kappa shape index (κ2) is 7.71. The molecule has 0 aliphatic heterocycles. The third-order valence-corrected chi connectivity index (χ3v) is 4.39. The molecule has 0 nitrogen and oxygen atoms in total. The van der Waals surface area contributed by atoms with E-state index < -0.39 is 0 Å². The second-order valence-electron chi connectivity index (χ2n) is 5.05. The zero-order chi connectivity index (χ0) is 14.4. The second-order valence-corrected chi connectivity index (χ2v) is 5.85. The Kier molecular flexibility index (Phi) is 5.94. The predicted molar refractivity (Wildman–Crippen MR) is 88.7 cm³/mol. The van der Waals surface area contributed by atoms with E-state index in [9.17, 15) is 0 Å². The molecule has 106 valence electrons. The van der Waals surface area contributed by atoms with Crippen LogP contribution in [0.1, 0.15) is 41.0 Å². The maximum absolute atomic E-state index is 6.48. The molecular weight excluding hydrogens is 287 g/mol. The van der Waals surface area contributed by atoms with Crippen LogP contribution in [0.5, 0.6) is 0 Å². The summed E-state index contributed by atoms with van der Waals surface area (Å²) >= 11 is 12.3. The molecule has 2 aromatic rings. The molecule has 0 fully saturated rings. The molecule has 2 rings (SSSR count). The summed E-state index contributed by atoms with van der Waals surface area (Å²) in [5.74, 6) is 0.553. The molecule has 1 unspecified atom stereocenters. The van der Waals surface area contributed by atoms with Crippen molar-refractivity contribution in [1.29, 1.82) is 0 Å². The Morgan fingerprint density at radius 2 is 1.40 bits per heavy atom. The molecule has 0 radical (unpaired) electrons. The quantitative estimate of drug-likeness (QED) is 0.583. The van der Waals surface area contributed by atoms with Crippen LogP contribution in [0.4, 0.5) is 0 Å². The molecule has 0 aromatic heterocycles. The maximum atomic E-state index is 6.48. The Morgan fingerprint density at radius 1 is 0.850 bits per heavy atom. The lowest BCUT2D eigenvalue weighted by atomic mass is 10.0. The molecule has 20 heavy (non-hydrogen) atoms. The fourth-order valence-corrected chi connectivity index (χ4v) is 2.65. The average molecular weight is 307 g/mol. The highest BCUT2D eigenvalue weighted by Gasteiger charge is 2.08. The van der Waals surface area contributed by atoms with Crippen molar-refractivity contribution in [3.8, 4) is 0 Å². The van der Waals surface area contributed by atoms with E-state index in [4.69, 9.17) is 23.2 Å². The fraction of sp³-hybridized carbons (Fsp3) is 0.333. The van der Waals surface area contributed by atoms with E-state index in [1.807, 2.05) is 12.1 Å². The molecule has 0 aliphatic carbocycles. The zero-order valence-corrected chi connectivity index (χ0v) is 13.3. The van der Waals surface area contributed by atoms with Gasteiger partial charge in [0.2, 0.25) is 0 Å². The number of hydrogen-bond acceptors (Lipinski definition) is 0. The van der Waals surface area contributed by atoms with Gasteiger partial charge in [0.1, 0.15) is 0 Å². The molecule has 0 aliphatic rings. The summed E-state index contributed by atoms with van der Waals surface area (Å²) in [5, 5.41) is 0.0604. The van der Waals surface area contributed by atoms with Crippen LogP contribution in [-0.4, -0.2) is 0 Å². The van der Waals surface area contributed by atoms with Crippen molar-refractivity contribution in [1.82, 2.24) is 0 Å². The van der Waals surface area contributed by atoms with Gasteiger partial charge in [0.25, 0.3) is 0 Å². The molecule has 0 saturated heterocycles. The summed E-state index contributed by atoms with van der Waals surface area (Å²) in [6.07, 6.45) is 3.05. The van der Waals surface area contributed by atoms with E-state index in [1.54, 1.807) is 0 Å². The molecule has 0 bridgehead atoms. The van der Waals surface area contributed by atoms with Crippen LogP contribution in [0.3, 0.4) is 0 Å². The molecule has 1 atom stereocenters. The Morgan fingerprint density at radius 3 is 1.95 bits per heavy atom. The number of halogens is 2. The first-order valence-electron chi connectivity index (χ1n) is 7.09. The van der Waals surface area contributed by atoms with E-state index in [-0.39, 0.29) is 5.38 Å². The zero-order valence-electron chi connectivity index (χ0n) is 11.8. The molecular formula is C18H20Cl2. The highest BCUT2D eigenvalue weighted by atomic mass is 35.5. The predicted octanol–water partition coefficient (Wildman–Crippen LogP) is 5.90. The largest absolute Gasteiger partial charge is 0.122 e. The van der Waals surface area contributed by atoms with Gasteiger partial charge in [0, 0.05) is 5.88 Å². The van der Waals surface area contributed by atoms with Gasteiger partial charge in [-0.3, -0.25) is 0 Å². The van der Waals surface area contributed by atoms with Crippen LogP contribution < -0.4 is 0 Å². The number of alkyl halides is 2. The first kappa shape index (κ1) is 15.4. The van der Waals surface area contributed by atoms with E-state index in [0.29, 0.717) is 5.88 Å². The summed E-state index contributed by atoms with van der Waals surface area (Å²) in [5.41, 5.74) is 5.04. The summed E-state index contributed by atoms with van der Waals surface area (Å²) in [6.45, 7) is 2.17. The van der Waals surface area contributed by atoms with Crippen LogP contribution in [-0.2, 0) is 18.7 Å². The molecule has 0 heterocycles. The Labute approximate surface area is 131 Å². The van der Waals surface area contributed by atoms with E-state index in [0.717, 1.165) is 24.8 Å². The first-order valence-corrected chi connectivity index (χ1v) is 8.06. The van der Waals surface area contributed by atoms with Crippen molar-refractivity contribution in [2.75, 3.05) is 0 Å². The van der Waals surface area contributed by atoms with Crippen molar-refractivity contribution in [2.24, 2.45) is 0 Å². The maximum Gasteiger partial charge on any atom is 0.0588 e. The van der Waals surface area contributed by atoms with Crippen molar-refractivity contribution < 1.29 is 0 Å². The van der Waals surface area contributed by atoms with Gasteiger partial charge in [-0.25, -0.2) is 0 Å². The number of rotatable bonds is 6. The summed E-state index contributed by atoms with van der Waals surface area (Å²) in [4.78, 5) is 0. The van der Waals surface area contributed by atoms with Gasteiger partial charge in [-0.2, -0.15) is 0 Å². The van der Waals surface area contributed by atoms with Crippen LogP contribution in [0.25, 0.3) is 0 Å². The van der Waals surface area contributed by atoms with Crippen LogP contribution in [0, 0.1) is 0 Å². The van der Waals surface area contributed by atoms with Crippen molar-refractivity contribution in [2.45, 2.75) is 37.4 Å². The van der Waals surface area contributed by atoms with Crippen LogP contribution >= 0.6 is 23.2 Å². The Hall–Kier alpha value is -0.980. The van der Waals surface area contributed by atoms with Gasteiger partial charge in [-0.05, 0) is 41.5 Å². The highest BCUT2D eigenvalue weighted by Crippen LogP contribution is 2.26. The van der Waals surface area contributed by atoms with Crippen molar-refractivity contribution >= 4 is 23.2 Å². The molecule has 0 N–H and O–H groups in total. The van der Waals surface area contributed by atoms with E-state index >= 15 is 0 Å². The SMILES string of the molecule is CCc1ccc(CCC(Cl)c2ccc(CCl)cc2)cc1. The van der Waals surface area contributed by atoms with Crippen LogP contribution in [0.2, 0.25) is 0 Å². The first-order chi connectivity index (χ1) is 9.72. The molecule has 2 heteroatoms. The van der Waals surface area contributed by atoms with E-state index in [2.05, 4.69) is 43.3 Å². The summed E-state index contributed by atoms with van der Waals surface area (Å²) in [6, 6.07) is 17.1. The normalized spacial score (nSPS) is 12.3. The standard InChI is InChI=1S/C18H20Cl2/c1-2-14-3-5-15(6-4-14)9-12-18(20)17-10-7-16(13-19)8-11-17/h3-8,10-11,18H,2,9,12-13H2,1H3. The molecule has 0 amide bonds. The monoisotopic (exact) mass is 306 g/mol. The lowest BCUT2D eigenvalue weighted by Crippen LogP contribution is -1.95. The minimum atomic E-state index is 0.0604. The molecule has 0 saturated carbocycles. The highest BCUT2D eigenvalue weighted by molar-refractivity contribution is 6.20. The average Bonchev–Trinajstić information content (AvgIpc) is 2.53. The smallest absolute Gasteiger partial charge is 0.0588 e. The van der Waals surface area contributed by atoms with Crippen molar-refractivity contribution in [3.63, 3.8) is 0 Å². The molecule has 0 spiro atoms. The van der Waals surface area contributed by atoms with Gasteiger partial charge < -0.3 is 0 Å². The minimum absolute atomic E-state index is 0.0604. The van der Waals surface area contributed by atoms with Gasteiger partial charge in [0.15, 0.2) is 0 Å². The minimum Gasteiger partial charge on any atom is -0.122 e. The fourth-order valence-electron chi connectivity index (χ4n) is 2.22. The Bertz CT molecular complexity index is 514. The summed E-state index contributed by atoms with van der Waals surface area (Å²) in [7, 11) is 0. The number of aryl methyl sites for hydroxylation is 2. The summed E-state index contributed by atoms with van der Waals surface area (Å²) < 4.78 is 0. The number of benzene rings is 2. The third kappa shape index (κ3) is 4.26. The van der Waals surface area contributed by atoms with E-state index in [1.165, 1.54) is 16.7 Å².